The fourth-order valence-corrected chi connectivity index (χ4v) is 0.890. The largest absolute Gasteiger partial charge is 0.204 e. The molecule has 0 spiro atoms. The molecule has 1 atom stereocenters. The highest BCUT2D eigenvalue weighted by molar-refractivity contribution is 7.27. The van der Waals surface area contributed by atoms with E-state index in [1.54, 1.807) is 6.92 Å². The van der Waals surface area contributed by atoms with Crippen molar-refractivity contribution >= 4 is 14.5 Å². The van der Waals surface area contributed by atoms with Gasteiger partial charge in [-0.15, -0.1) is 9.24 Å². The van der Waals surface area contributed by atoms with Crippen LogP contribution in [0.2, 0.25) is 0 Å². The van der Waals surface area contributed by atoms with Crippen LogP contribution in [0, 0.1) is 18.6 Å². The first kappa shape index (κ1) is 11.5. The van der Waals surface area contributed by atoms with Crippen molar-refractivity contribution in [3.05, 3.63) is 29.3 Å². The van der Waals surface area contributed by atoms with Crippen LogP contribution in [0.25, 0.3) is 0 Å². The predicted octanol–water partition coefficient (Wildman–Crippen LogP) is 2.80. The van der Waals surface area contributed by atoms with Gasteiger partial charge >= 0.3 is 0 Å². The summed E-state index contributed by atoms with van der Waals surface area (Å²) >= 11 is 0. The summed E-state index contributed by atoms with van der Waals surface area (Å²) in [5, 5.41) is 0.693. The number of hydrogen-bond acceptors (Lipinski definition) is 0. The Morgan fingerprint density at radius 1 is 1.17 bits per heavy atom. The Bertz CT molecular complexity index is 232. The molecule has 0 saturated heterocycles. The molecule has 68 valence electrons. The summed E-state index contributed by atoms with van der Waals surface area (Å²) in [5.74, 6) is -1.55. The van der Waals surface area contributed by atoms with Crippen molar-refractivity contribution < 1.29 is 8.78 Å². The van der Waals surface area contributed by atoms with Crippen molar-refractivity contribution in [2.24, 2.45) is 0 Å². The Morgan fingerprint density at radius 2 is 1.67 bits per heavy atom. The molecule has 1 aromatic rings. The minimum absolute atomic E-state index is 0.352. The molecule has 0 aliphatic heterocycles. The van der Waals surface area contributed by atoms with E-state index in [1.807, 2.05) is 13.8 Å². The van der Waals surface area contributed by atoms with E-state index in [2.05, 4.69) is 9.24 Å². The van der Waals surface area contributed by atoms with Crippen LogP contribution in [0.3, 0.4) is 0 Å². The number of halogens is 2. The van der Waals surface area contributed by atoms with Crippen LogP contribution in [-0.4, -0.2) is 0 Å². The molecule has 0 bridgehead atoms. The predicted molar refractivity (Wildman–Crippen MR) is 51.8 cm³/mol. The van der Waals surface area contributed by atoms with Crippen molar-refractivity contribution in [2.75, 3.05) is 0 Å². The molecular formula is C9H13F2P. The van der Waals surface area contributed by atoms with E-state index in [0.717, 1.165) is 6.07 Å². The molecule has 3 heteroatoms. The molecule has 0 N–H and O–H groups in total. The topological polar surface area (TPSA) is 0 Å². The van der Waals surface area contributed by atoms with Crippen LogP contribution in [0.5, 0.6) is 0 Å². The quantitative estimate of drug-likeness (QED) is 0.552. The van der Waals surface area contributed by atoms with Crippen molar-refractivity contribution in [2.45, 2.75) is 20.8 Å². The van der Waals surface area contributed by atoms with Gasteiger partial charge < -0.3 is 0 Å². The van der Waals surface area contributed by atoms with Crippen LogP contribution in [0.1, 0.15) is 19.4 Å². The summed E-state index contributed by atoms with van der Waals surface area (Å²) in [4.78, 5) is 0. The highest BCUT2D eigenvalue weighted by Gasteiger charge is 2.05. The Labute approximate surface area is 74.2 Å². The second-order valence-electron chi connectivity index (χ2n) is 2.08. The molecule has 0 saturated carbocycles. The summed E-state index contributed by atoms with van der Waals surface area (Å²) in [6, 6.07) is 2.64. The summed E-state index contributed by atoms with van der Waals surface area (Å²) in [5.41, 5.74) is 0.352. The molecule has 1 aromatic carbocycles. The van der Waals surface area contributed by atoms with Crippen molar-refractivity contribution in [3.63, 3.8) is 0 Å². The Kier molecular flexibility index (Phi) is 5.00. The lowest BCUT2D eigenvalue weighted by Crippen LogP contribution is -2.01. The monoisotopic (exact) mass is 190 g/mol. The fraction of sp³-hybridized carbons (Fsp3) is 0.333. The molecule has 0 nitrogen and oxygen atoms in total. The van der Waals surface area contributed by atoms with Gasteiger partial charge in [0.05, 0.1) is 0 Å². The zero-order valence-corrected chi connectivity index (χ0v) is 8.64. The van der Waals surface area contributed by atoms with Gasteiger partial charge in [-0.3, -0.25) is 0 Å². The van der Waals surface area contributed by atoms with E-state index in [9.17, 15) is 8.78 Å². The molecule has 0 heterocycles. The maximum atomic E-state index is 12.6. The first-order valence-electron chi connectivity index (χ1n) is 3.83. The molecule has 0 fully saturated rings. The minimum atomic E-state index is -0.788. The van der Waals surface area contributed by atoms with E-state index in [0.29, 0.717) is 10.9 Å². The third-order valence-electron chi connectivity index (χ3n) is 1.38. The van der Waals surface area contributed by atoms with Crippen LogP contribution < -0.4 is 5.30 Å². The average molecular weight is 190 g/mol. The lowest BCUT2D eigenvalue weighted by molar-refractivity contribution is 0.504. The van der Waals surface area contributed by atoms with Crippen LogP contribution >= 0.6 is 9.24 Å². The highest BCUT2D eigenvalue weighted by atomic mass is 31.0. The van der Waals surface area contributed by atoms with Crippen molar-refractivity contribution in [3.8, 4) is 0 Å². The lowest BCUT2D eigenvalue weighted by atomic mass is 10.2. The van der Waals surface area contributed by atoms with Crippen LogP contribution in [0.4, 0.5) is 8.78 Å². The Balaban J connectivity index is 0.000000561. The van der Waals surface area contributed by atoms with E-state index in [4.69, 9.17) is 0 Å². The maximum absolute atomic E-state index is 12.6. The summed E-state index contributed by atoms with van der Waals surface area (Å²) in [6.45, 7) is 5.54. The second-order valence-corrected chi connectivity index (χ2v) is 2.70. The lowest BCUT2D eigenvalue weighted by Gasteiger charge is -1.99. The zero-order chi connectivity index (χ0) is 9.72. The van der Waals surface area contributed by atoms with Gasteiger partial charge in [0.1, 0.15) is 0 Å². The molecule has 1 rings (SSSR count). The van der Waals surface area contributed by atoms with Gasteiger partial charge in [-0.1, -0.05) is 19.9 Å². The smallest absolute Gasteiger partial charge is 0.162 e. The standard InChI is InChI=1S/C7H7F2P.C2H6/c1-4-6(10)3-2-5(8)7(4)9;1-2/h2-3H,10H2,1H3;1-2H3. The van der Waals surface area contributed by atoms with Gasteiger partial charge in [-0.2, -0.15) is 0 Å². The van der Waals surface area contributed by atoms with Gasteiger partial charge in [0.15, 0.2) is 11.6 Å². The summed E-state index contributed by atoms with van der Waals surface area (Å²) < 4.78 is 25.0. The van der Waals surface area contributed by atoms with Crippen molar-refractivity contribution in [1.82, 2.24) is 0 Å². The SMILES string of the molecule is CC.Cc1c(P)ccc(F)c1F. The Hall–Kier alpha value is -0.490. The molecule has 0 radical (unpaired) electrons. The van der Waals surface area contributed by atoms with E-state index in [-0.39, 0.29) is 0 Å². The van der Waals surface area contributed by atoms with E-state index < -0.39 is 11.6 Å². The molecule has 0 aliphatic carbocycles. The first-order valence-corrected chi connectivity index (χ1v) is 4.40. The van der Waals surface area contributed by atoms with Gasteiger partial charge in [-0.05, 0) is 23.9 Å². The normalized spacial score (nSPS) is 8.83. The van der Waals surface area contributed by atoms with Crippen LogP contribution in [0.15, 0.2) is 12.1 Å². The fourth-order valence-electron chi connectivity index (χ4n) is 0.667. The zero-order valence-electron chi connectivity index (χ0n) is 7.49. The summed E-state index contributed by atoms with van der Waals surface area (Å²) in [6.07, 6.45) is 0. The third kappa shape index (κ3) is 2.53. The molecular weight excluding hydrogens is 177 g/mol. The second kappa shape index (κ2) is 5.21. The summed E-state index contributed by atoms with van der Waals surface area (Å²) in [7, 11) is 2.34. The van der Waals surface area contributed by atoms with Crippen LogP contribution in [-0.2, 0) is 0 Å². The van der Waals surface area contributed by atoms with Gasteiger partial charge in [0, 0.05) is 0 Å². The van der Waals surface area contributed by atoms with Gasteiger partial charge in [-0.25, -0.2) is 8.78 Å². The van der Waals surface area contributed by atoms with E-state index in [1.165, 1.54) is 6.07 Å². The molecule has 0 amide bonds. The minimum Gasteiger partial charge on any atom is -0.204 e. The van der Waals surface area contributed by atoms with Gasteiger partial charge in [0.2, 0.25) is 0 Å². The highest BCUT2D eigenvalue weighted by Crippen LogP contribution is 2.09. The molecule has 1 unspecified atom stereocenters. The van der Waals surface area contributed by atoms with Crippen molar-refractivity contribution in [1.29, 1.82) is 0 Å². The first-order chi connectivity index (χ1) is 5.63. The number of benzene rings is 1. The van der Waals surface area contributed by atoms with Gasteiger partial charge in [0.25, 0.3) is 0 Å². The maximum Gasteiger partial charge on any atom is 0.162 e. The van der Waals surface area contributed by atoms with E-state index >= 15 is 0 Å². The molecule has 12 heavy (non-hydrogen) atoms. The molecule has 0 aromatic heterocycles. The number of rotatable bonds is 0. The Morgan fingerprint density at radius 3 is 2.08 bits per heavy atom. The molecule has 0 aliphatic rings. The number of hydrogen-bond donors (Lipinski definition) is 0. The average Bonchev–Trinajstić information content (AvgIpc) is 2.12. The third-order valence-corrected chi connectivity index (χ3v) is 2.01.